The van der Waals surface area contributed by atoms with Gasteiger partial charge >= 0.3 is 0 Å². The van der Waals surface area contributed by atoms with E-state index in [-0.39, 0.29) is 0 Å². The van der Waals surface area contributed by atoms with Crippen LogP contribution in [0.25, 0.3) is 0 Å². The number of hydrogen-bond acceptors (Lipinski definition) is 3. The van der Waals surface area contributed by atoms with E-state index in [9.17, 15) is 0 Å². The average molecular weight is 300 g/mol. The summed E-state index contributed by atoms with van der Waals surface area (Å²) >= 11 is 0. The molecule has 1 aromatic carbocycles. The second kappa shape index (κ2) is 5.86. The summed E-state index contributed by atoms with van der Waals surface area (Å²) in [5, 5.41) is 0. The molecule has 22 heavy (non-hydrogen) atoms. The van der Waals surface area contributed by atoms with Gasteiger partial charge in [0.2, 0.25) is 0 Å². The Kier molecular flexibility index (Phi) is 3.87. The van der Waals surface area contributed by atoms with Crippen LogP contribution in [0.2, 0.25) is 0 Å². The van der Waals surface area contributed by atoms with E-state index in [0.717, 1.165) is 30.9 Å². The maximum Gasteiger partial charge on any atom is 0.124 e. The molecule has 0 unspecified atom stereocenters. The molecule has 4 rings (SSSR count). The van der Waals surface area contributed by atoms with E-state index in [2.05, 4.69) is 35.9 Å². The fraction of sp³-hybridized carbons (Fsp3) is 0.684. The molecule has 0 spiro atoms. The molecule has 0 saturated carbocycles. The van der Waals surface area contributed by atoms with Crippen molar-refractivity contribution in [1.82, 2.24) is 9.80 Å². The fourth-order valence-electron chi connectivity index (χ4n) is 4.70. The molecule has 0 amide bonds. The van der Waals surface area contributed by atoms with Gasteiger partial charge in [0, 0.05) is 31.2 Å². The third-order valence-electron chi connectivity index (χ3n) is 5.87. The highest BCUT2D eigenvalue weighted by atomic mass is 16.5. The molecule has 0 radical (unpaired) electrons. The average Bonchev–Trinajstić information content (AvgIpc) is 3.18. The van der Waals surface area contributed by atoms with Crippen molar-refractivity contribution >= 4 is 0 Å². The minimum Gasteiger partial charge on any atom is -0.494 e. The van der Waals surface area contributed by atoms with E-state index < -0.39 is 0 Å². The van der Waals surface area contributed by atoms with Crippen molar-refractivity contribution in [3.8, 4) is 5.75 Å². The first-order valence-electron chi connectivity index (χ1n) is 8.94. The Morgan fingerprint density at radius 2 is 2.00 bits per heavy atom. The van der Waals surface area contributed by atoms with E-state index in [1.807, 2.05) is 0 Å². The van der Waals surface area contributed by atoms with Crippen LogP contribution in [0.1, 0.15) is 36.5 Å². The number of likely N-dealkylation sites (N-methyl/N-ethyl adjacent to an activating group) is 1. The summed E-state index contributed by atoms with van der Waals surface area (Å²) in [7, 11) is 2.29. The van der Waals surface area contributed by atoms with Gasteiger partial charge in [0.1, 0.15) is 5.75 Å². The van der Waals surface area contributed by atoms with Gasteiger partial charge in [-0.15, -0.1) is 0 Å². The normalized spacial score (nSPS) is 28.1. The third kappa shape index (κ3) is 2.55. The predicted octanol–water partition coefficient (Wildman–Crippen LogP) is 2.71. The first kappa shape index (κ1) is 14.5. The molecule has 3 heteroatoms. The molecule has 2 aliphatic heterocycles. The molecule has 2 atom stereocenters. The Bertz CT molecular complexity index is 557. The highest BCUT2D eigenvalue weighted by Crippen LogP contribution is 2.34. The number of ether oxygens (including phenoxy) is 1. The number of nitrogens with zero attached hydrogens (tertiary/aromatic N) is 2. The van der Waals surface area contributed by atoms with Gasteiger partial charge in [0.15, 0.2) is 0 Å². The number of aryl methyl sites for hydroxylation is 2. The fourth-order valence-corrected chi connectivity index (χ4v) is 4.70. The van der Waals surface area contributed by atoms with Crippen molar-refractivity contribution in [2.24, 2.45) is 5.92 Å². The highest BCUT2D eigenvalue weighted by Gasteiger charge is 2.39. The molecule has 3 aliphatic rings. The van der Waals surface area contributed by atoms with Crippen LogP contribution < -0.4 is 4.74 Å². The Morgan fingerprint density at radius 3 is 2.77 bits per heavy atom. The molecule has 2 saturated heterocycles. The van der Waals surface area contributed by atoms with Crippen LogP contribution in [0.15, 0.2) is 12.1 Å². The molecule has 1 aliphatic carbocycles. The highest BCUT2D eigenvalue weighted by molar-refractivity contribution is 5.45. The molecule has 0 N–H and O–H groups in total. The first-order valence-corrected chi connectivity index (χ1v) is 8.94. The van der Waals surface area contributed by atoms with Gasteiger partial charge in [-0.1, -0.05) is 6.07 Å². The van der Waals surface area contributed by atoms with Crippen molar-refractivity contribution in [2.75, 3.05) is 33.3 Å². The van der Waals surface area contributed by atoms with Crippen LogP contribution in [0, 0.1) is 5.92 Å². The smallest absolute Gasteiger partial charge is 0.124 e. The lowest BCUT2D eigenvalue weighted by molar-refractivity contribution is 0.251. The van der Waals surface area contributed by atoms with E-state index in [1.54, 1.807) is 5.56 Å². The Morgan fingerprint density at radius 1 is 1.18 bits per heavy atom. The van der Waals surface area contributed by atoms with Crippen LogP contribution in [-0.4, -0.2) is 49.1 Å². The lowest BCUT2D eigenvalue weighted by Crippen LogP contribution is -2.32. The zero-order chi connectivity index (χ0) is 15.1. The Labute approximate surface area is 134 Å². The van der Waals surface area contributed by atoms with E-state index in [1.165, 1.54) is 56.4 Å². The van der Waals surface area contributed by atoms with E-state index >= 15 is 0 Å². The van der Waals surface area contributed by atoms with Crippen molar-refractivity contribution in [3.05, 3.63) is 28.8 Å². The van der Waals surface area contributed by atoms with E-state index in [4.69, 9.17) is 4.74 Å². The molecule has 0 bridgehead atoms. The van der Waals surface area contributed by atoms with E-state index in [0.29, 0.717) is 0 Å². The Hall–Kier alpha value is -1.06. The monoisotopic (exact) mass is 300 g/mol. The summed E-state index contributed by atoms with van der Waals surface area (Å²) in [6.45, 7) is 7.68. The molecule has 120 valence electrons. The zero-order valence-corrected chi connectivity index (χ0v) is 14.0. The summed E-state index contributed by atoms with van der Waals surface area (Å²) in [5.74, 6) is 2.02. The molecule has 1 aromatic rings. The lowest BCUT2D eigenvalue weighted by atomic mass is 10.0. The van der Waals surface area contributed by atoms with Crippen molar-refractivity contribution in [3.63, 3.8) is 0 Å². The largest absolute Gasteiger partial charge is 0.494 e. The van der Waals surface area contributed by atoms with Crippen LogP contribution in [-0.2, 0) is 19.4 Å². The van der Waals surface area contributed by atoms with Crippen LogP contribution >= 0.6 is 0 Å². The zero-order valence-electron chi connectivity index (χ0n) is 14.0. The molecular weight excluding hydrogens is 272 g/mol. The number of benzene rings is 1. The van der Waals surface area contributed by atoms with Crippen LogP contribution in [0.3, 0.4) is 0 Å². The van der Waals surface area contributed by atoms with Crippen LogP contribution in [0.4, 0.5) is 0 Å². The minimum absolute atomic E-state index is 0.764. The molecule has 3 nitrogen and oxygen atoms in total. The summed E-state index contributed by atoms with van der Waals surface area (Å²) in [6, 6.07) is 5.54. The number of hydrogen-bond donors (Lipinski definition) is 0. The first-order chi connectivity index (χ1) is 10.7. The van der Waals surface area contributed by atoms with Gasteiger partial charge in [-0.2, -0.15) is 0 Å². The SMILES string of the molecule is CCOc1cc2c(cc1CN1C[C@H]3CCN(C)[C@H]3C1)CCC2. The van der Waals surface area contributed by atoms with Gasteiger partial charge in [-0.05, 0) is 69.3 Å². The summed E-state index contributed by atoms with van der Waals surface area (Å²) < 4.78 is 5.95. The van der Waals surface area contributed by atoms with Gasteiger partial charge in [-0.3, -0.25) is 4.90 Å². The maximum atomic E-state index is 5.95. The lowest BCUT2D eigenvalue weighted by Gasteiger charge is -2.22. The predicted molar refractivity (Wildman–Crippen MR) is 89.4 cm³/mol. The summed E-state index contributed by atoms with van der Waals surface area (Å²) in [6.07, 6.45) is 5.17. The molecule has 2 heterocycles. The van der Waals surface area contributed by atoms with Crippen LogP contribution in [0.5, 0.6) is 5.75 Å². The van der Waals surface area contributed by atoms with Gasteiger partial charge in [0.05, 0.1) is 6.61 Å². The standard InChI is InChI=1S/C19H28N2O/c1-3-22-19-10-15-6-4-5-14(15)9-17(19)12-21-11-16-7-8-20(2)18(16)13-21/h9-10,16,18H,3-8,11-13H2,1-2H3/t16-,18+/m1/s1. The maximum absolute atomic E-state index is 5.95. The van der Waals surface area contributed by atoms with Crippen molar-refractivity contribution in [2.45, 2.75) is 45.2 Å². The third-order valence-corrected chi connectivity index (χ3v) is 5.87. The second-order valence-corrected chi connectivity index (χ2v) is 7.31. The van der Waals surface area contributed by atoms with Crippen molar-refractivity contribution < 1.29 is 4.74 Å². The number of likely N-dealkylation sites (tertiary alicyclic amines) is 2. The summed E-state index contributed by atoms with van der Waals surface area (Å²) in [5.41, 5.74) is 4.49. The quantitative estimate of drug-likeness (QED) is 0.850. The van der Waals surface area contributed by atoms with Gasteiger partial charge in [-0.25, -0.2) is 0 Å². The number of rotatable bonds is 4. The molecular formula is C19H28N2O. The minimum atomic E-state index is 0.764. The van der Waals surface area contributed by atoms with Gasteiger partial charge < -0.3 is 9.64 Å². The molecule has 0 aromatic heterocycles. The number of fused-ring (bicyclic) bond motifs is 2. The Balaban J connectivity index is 1.53. The van der Waals surface area contributed by atoms with Crippen molar-refractivity contribution in [1.29, 1.82) is 0 Å². The summed E-state index contributed by atoms with van der Waals surface area (Å²) in [4.78, 5) is 5.20. The second-order valence-electron chi connectivity index (χ2n) is 7.31. The molecule has 2 fully saturated rings. The topological polar surface area (TPSA) is 15.7 Å². The van der Waals surface area contributed by atoms with Gasteiger partial charge in [0.25, 0.3) is 0 Å².